The van der Waals surface area contributed by atoms with Crippen molar-refractivity contribution in [2.75, 3.05) is 0 Å². The Morgan fingerprint density at radius 3 is 2.52 bits per heavy atom. The van der Waals surface area contributed by atoms with E-state index in [9.17, 15) is 22.8 Å². The maximum Gasteiger partial charge on any atom is 0.449 e. The number of halogens is 3. The maximum atomic E-state index is 13.2. The molecule has 1 aromatic carbocycles. The Balaban J connectivity index is 1.73. The molecule has 0 atom stereocenters. The van der Waals surface area contributed by atoms with Gasteiger partial charge in [-0.05, 0) is 25.0 Å². The van der Waals surface area contributed by atoms with Crippen LogP contribution in [0.25, 0.3) is 11.0 Å². The molecule has 0 unspecified atom stereocenters. The molecule has 0 spiro atoms. The minimum absolute atomic E-state index is 0.151. The molecule has 2 aromatic rings. The number of amides is 2. The number of nitrogens with one attached hydrogen (secondary N) is 2. The lowest BCUT2D eigenvalue weighted by molar-refractivity contribution is -0.147. The Morgan fingerprint density at radius 1 is 1.16 bits per heavy atom. The fourth-order valence-corrected chi connectivity index (χ4v) is 3.06. The van der Waals surface area contributed by atoms with E-state index in [2.05, 4.69) is 15.8 Å². The van der Waals surface area contributed by atoms with Crippen LogP contribution in [0.1, 0.15) is 31.5 Å². The van der Waals surface area contributed by atoms with Crippen LogP contribution >= 0.6 is 0 Å². The number of rotatable bonds is 3. The lowest BCUT2D eigenvalue weighted by Crippen LogP contribution is -2.45. The fourth-order valence-electron chi connectivity index (χ4n) is 3.06. The number of carbonyl (C=O) groups is 2. The number of fused-ring (bicyclic) bond motifs is 1. The number of aromatic nitrogens is 2. The van der Waals surface area contributed by atoms with Crippen LogP contribution in [0.5, 0.6) is 0 Å². The van der Waals surface area contributed by atoms with Crippen LogP contribution in [0.15, 0.2) is 24.3 Å². The van der Waals surface area contributed by atoms with E-state index in [1.165, 1.54) is 12.1 Å². The lowest BCUT2D eigenvalue weighted by Gasteiger charge is -2.14. The molecule has 134 valence electrons. The van der Waals surface area contributed by atoms with Gasteiger partial charge in [0, 0.05) is 5.92 Å². The average molecular weight is 354 g/mol. The van der Waals surface area contributed by atoms with Gasteiger partial charge in [0.1, 0.15) is 6.54 Å². The van der Waals surface area contributed by atoms with Crippen LogP contribution in [0.3, 0.4) is 0 Å². The van der Waals surface area contributed by atoms with Crippen LogP contribution in [0.2, 0.25) is 0 Å². The second-order valence-electron chi connectivity index (χ2n) is 6.03. The highest BCUT2D eigenvalue weighted by Gasteiger charge is 2.38. The number of hydrogen-bond acceptors (Lipinski definition) is 3. The molecule has 25 heavy (non-hydrogen) atoms. The predicted octanol–water partition coefficient (Wildman–Crippen LogP) is 2.39. The number of nitrogens with zero attached hydrogens (tertiary/aromatic N) is 2. The van der Waals surface area contributed by atoms with E-state index in [4.69, 9.17) is 0 Å². The Bertz CT molecular complexity index is 794. The summed E-state index contributed by atoms with van der Waals surface area (Å²) in [6.45, 7) is -0.597. The zero-order chi connectivity index (χ0) is 18.0. The molecule has 0 bridgehead atoms. The van der Waals surface area contributed by atoms with Gasteiger partial charge in [0.2, 0.25) is 11.7 Å². The fraction of sp³-hybridized carbons (Fsp3) is 0.438. The summed E-state index contributed by atoms with van der Waals surface area (Å²) in [4.78, 5) is 27.4. The van der Waals surface area contributed by atoms with Crippen molar-refractivity contribution in [1.29, 1.82) is 0 Å². The Kier molecular flexibility index (Phi) is 4.65. The molecule has 1 aliphatic rings. The molecule has 0 saturated heterocycles. The standard InChI is InChI=1S/C16H17F3N4O2/c17-16(18,19)15-20-11-7-3-4-8-12(11)23(15)9-13(24)21-22-14(25)10-5-1-2-6-10/h3-4,7-8,10H,1-2,5-6,9H2,(H,21,24)(H,22,25). The van der Waals surface area contributed by atoms with Gasteiger partial charge in [-0.15, -0.1) is 0 Å². The first-order chi connectivity index (χ1) is 11.9. The number of hydrogen-bond donors (Lipinski definition) is 2. The van der Waals surface area contributed by atoms with Gasteiger partial charge in [0.25, 0.3) is 5.91 Å². The highest BCUT2D eigenvalue weighted by molar-refractivity contribution is 5.84. The van der Waals surface area contributed by atoms with E-state index < -0.39 is 24.5 Å². The Morgan fingerprint density at radius 2 is 1.84 bits per heavy atom. The molecule has 1 aliphatic carbocycles. The predicted molar refractivity (Wildman–Crippen MR) is 83.0 cm³/mol. The van der Waals surface area contributed by atoms with E-state index in [1.54, 1.807) is 12.1 Å². The summed E-state index contributed by atoms with van der Waals surface area (Å²) in [7, 11) is 0. The first-order valence-electron chi connectivity index (χ1n) is 7.97. The molecule has 0 radical (unpaired) electrons. The first kappa shape index (κ1) is 17.2. The second-order valence-corrected chi connectivity index (χ2v) is 6.03. The van der Waals surface area contributed by atoms with E-state index in [-0.39, 0.29) is 22.9 Å². The molecule has 0 aliphatic heterocycles. The van der Waals surface area contributed by atoms with Crippen molar-refractivity contribution >= 4 is 22.8 Å². The Labute approximate surface area is 141 Å². The van der Waals surface area contributed by atoms with Gasteiger partial charge in [-0.1, -0.05) is 25.0 Å². The summed E-state index contributed by atoms with van der Waals surface area (Å²) in [5.41, 5.74) is 4.83. The van der Waals surface area contributed by atoms with Gasteiger partial charge in [-0.3, -0.25) is 20.4 Å². The van der Waals surface area contributed by atoms with E-state index >= 15 is 0 Å². The highest BCUT2D eigenvalue weighted by Crippen LogP contribution is 2.31. The van der Waals surface area contributed by atoms with E-state index in [1.807, 2.05) is 0 Å². The van der Waals surface area contributed by atoms with Crippen LogP contribution in [0, 0.1) is 5.92 Å². The largest absolute Gasteiger partial charge is 0.449 e. The zero-order valence-electron chi connectivity index (χ0n) is 13.3. The summed E-state index contributed by atoms with van der Waals surface area (Å²) in [6, 6.07) is 6.05. The molecular weight excluding hydrogens is 337 g/mol. The molecule has 1 aromatic heterocycles. The number of alkyl halides is 3. The van der Waals surface area contributed by atoms with Gasteiger partial charge in [0.15, 0.2) is 0 Å². The lowest BCUT2D eigenvalue weighted by atomic mass is 10.1. The summed E-state index contributed by atoms with van der Waals surface area (Å²) in [5, 5.41) is 0. The van der Waals surface area contributed by atoms with Gasteiger partial charge in [-0.25, -0.2) is 4.98 Å². The summed E-state index contributed by atoms with van der Waals surface area (Å²) >= 11 is 0. The number of para-hydroxylation sites is 2. The average Bonchev–Trinajstić information content (AvgIpc) is 3.20. The molecule has 2 amide bonds. The van der Waals surface area contributed by atoms with Crippen molar-refractivity contribution < 1.29 is 22.8 Å². The van der Waals surface area contributed by atoms with Crippen molar-refractivity contribution in [2.24, 2.45) is 5.92 Å². The van der Waals surface area contributed by atoms with Gasteiger partial charge in [0.05, 0.1) is 11.0 Å². The van der Waals surface area contributed by atoms with Gasteiger partial charge in [-0.2, -0.15) is 13.2 Å². The van der Waals surface area contributed by atoms with Crippen molar-refractivity contribution in [2.45, 2.75) is 38.4 Å². The van der Waals surface area contributed by atoms with Crippen molar-refractivity contribution in [3.63, 3.8) is 0 Å². The smallest absolute Gasteiger partial charge is 0.311 e. The third-order valence-electron chi connectivity index (χ3n) is 4.26. The van der Waals surface area contributed by atoms with Gasteiger partial charge >= 0.3 is 6.18 Å². The molecular formula is C16H17F3N4O2. The van der Waals surface area contributed by atoms with Crippen LogP contribution in [0.4, 0.5) is 13.2 Å². The van der Waals surface area contributed by atoms with E-state index in [0.717, 1.165) is 30.3 Å². The highest BCUT2D eigenvalue weighted by atomic mass is 19.4. The monoisotopic (exact) mass is 354 g/mol. The third kappa shape index (κ3) is 3.75. The molecule has 1 saturated carbocycles. The van der Waals surface area contributed by atoms with Crippen LogP contribution in [-0.2, 0) is 22.3 Å². The third-order valence-corrected chi connectivity index (χ3v) is 4.26. The zero-order valence-corrected chi connectivity index (χ0v) is 13.3. The molecule has 3 rings (SSSR count). The normalized spacial score (nSPS) is 15.5. The summed E-state index contributed by atoms with van der Waals surface area (Å²) < 4.78 is 40.3. The summed E-state index contributed by atoms with van der Waals surface area (Å²) in [6.07, 6.45) is -1.26. The van der Waals surface area contributed by atoms with Crippen LogP contribution < -0.4 is 10.9 Å². The van der Waals surface area contributed by atoms with Crippen LogP contribution in [-0.4, -0.2) is 21.4 Å². The molecule has 2 N–H and O–H groups in total. The molecule has 1 fully saturated rings. The van der Waals surface area contributed by atoms with Gasteiger partial charge < -0.3 is 4.57 Å². The molecule has 6 nitrogen and oxygen atoms in total. The first-order valence-corrected chi connectivity index (χ1v) is 7.97. The maximum absolute atomic E-state index is 13.2. The number of carbonyl (C=O) groups excluding carboxylic acids is 2. The topological polar surface area (TPSA) is 76.0 Å². The van der Waals surface area contributed by atoms with Crippen molar-refractivity contribution in [3.05, 3.63) is 30.1 Å². The minimum Gasteiger partial charge on any atom is -0.311 e. The number of benzene rings is 1. The quantitative estimate of drug-likeness (QED) is 0.831. The minimum atomic E-state index is -4.69. The van der Waals surface area contributed by atoms with Crippen molar-refractivity contribution in [1.82, 2.24) is 20.4 Å². The summed E-state index contributed by atoms with van der Waals surface area (Å²) in [5.74, 6) is -2.36. The molecule has 1 heterocycles. The van der Waals surface area contributed by atoms with Crippen molar-refractivity contribution in [3.8, 4) is 0 Å². The molecule has 9 heteroatoms. The van der Waals surface area contributed by atoms with E-state index in [0.29, 0.717) is 0 Å². The SMILES string of the molecule is O=C(Cn1c(C(F)(F)F)nc2ccccc21)NNC(=O)C1CCCC1. The second kappa shape index (κ2) is 6.73. The Hall–Kier alpha value is -2.58. The number of imidazole rings is 1. The number of hydrazine groups is 1.